The number of alkyl halides is 2. The van der Waals surface area contributed by atoms with Crippen LogP contribution in [0.25, 0.3) is 0 Å². The van der Waals surface area contributed by atoms with E-state index in [9.17, 15) is 8.78 Å². The predicted molar refractivity (Wildman–Crippen MR) is 49.7 cm³/mol. The average molecular weight is 201 g/mol. The average Bonchev–Trinajstić information content (AvgIpc) is 2.45. The van der Waals surface area contributed by atoms with Crippen LogP contribution in [0.2, 0.25) is 0 Å². The summed E-state index contributed by atoms with van der Waals surface area (Å²) in [6.45, 7) is 3.77. The molecular weight excluding hydrogens is 188 g/mol. The van der Waals surface area contributed by atoms with Crippen molar-refractivity contribution in [2.75, 3.05) is 5.32 Å². The Morgan fingerprint density at radius 2 is 2.36 bits per heavy atom. The van der Waals surface area contributed by atoms with Crippen molar-refractivity contribution in [3.05, 3.63) is 11.8 Å². The number of nitrogens with zero attached hydrogens (tertiary/aromatic N) is 2. The highest BCUT2D eigenvalue weighted by molar-refractivity contribution is 5.40. The van der Waals surface area contributed by atoms with E-state index in [0.29, 0.717) is 12.2 Å². The van der Waals surface area contributed by atoms with Crippen LogP contribution in [0.4, 0.5) is 14.6 Å². The number of fused-ring (bicyclic) bond motifs is 1. The number of aryl methyl sites for hydroxylation is 1. The van der Waals surface area contributed by atoms with E-state index in [-0.39, 0.29) is 6.04 Å². The van der Waals surface area contributed by atoms with Gasteiger partial charge >= 0.3 is 0 Å². The fourth-order valence-electron chi connectivity index (χ4n) is 1.84. The van der Waals surface area contributed by atoms with Crippen LogP contribution in [0.1, 0.15) is 25.1 Å². The molecule has 0 spiro atoms. The van der Waals surface area contributed by atoms with E-state index in [4.69, 9.17) is 0 Å². The monoisotopic (exact) mass is 201 g/mol. The van der Waals surface area contributed by atoms with Crippen LogP contribution in [-0.2, 0) is 0 Å². The third-order valence-electron chi connectivity index (χ3n) is 2.51. The first kappa shape index (κ1) is 9.43. The maximum Gasteiger partial charge on any atom is 0.258 e. The van der Waals surface area contributed by atoms with E-state index in [2.05, 4.69) is 10.4 Å². The lowest BCUT2D eigenvalue weighted by atomic mass is 10.1. The highest BCUT2D eigenvalue weighted by Gasteiger charge is 2.30. The van der Waals surface area contributed by atoms with E-state index in [1.165, 1.54) is 0 Å². The molecule has 78 valence electrons. The first-order chi connectivity index (χ1) is 6.58. The highest BCUT2D eigenvalue weighted by Crippen LogP contribution is 2.29. The quantitative estimate of drug-likeness (QED) is 0.754. The van der Waals surface area contributed by atoms with Gasteiger partial charge in [-0.25, -0.2) is 13.5 Å². The second kappa shape index (κ2) is 3.22. The van der Waals surface area contributed by atoms with E-state index >= 15 is 0 Å². The van der Waals surface area contributed by atoms with E-state index in [1.54, 1.807) is 10.7 Å². The molecule has 1 N–H and O–H groups in total. The molecule has 5 heteroatoms. The van der Waals surface area contributed by atoms with Crippen LogP contribution in [0.5, 0.6) is 0 Å². The first-order valence-corrected chi connectivity index (χ1v) is 4.69. The number of nitrogens with one attached hydrogen (secondary N) is 1. The van der Waals surface area contributed by atoms with Gasteiger partial charge < -0.3 is 5.32 Å². The molecule has 1 aromatic rings. The largest absolute Gasteiger partial charge is 0.362 e. The lowest BCUT2D eigenvalue weighted by Crippen LogP contribution is -2.36. The molecule has 2 heterocycles. The third kappa shape index (κ3) is 1.47. The Labute approximate surface area is 81.1 Å². The van der Waals surface area contributed by atoms with Gasteiger partial charge in [-0.3, -0.25) is 0 Å². The summed E-state index contributed by atoms with van der Waals surface area (Å²) in [4.78, 5) is 0. The Hall–Kier alpha value is -1.13. The number of rotatable bonds is 1. The molecule has 0 bridgehead atoms. The van der Waals surface area contributed by atoms with Crippen molar-refractivity contribution in [1.82, 2.24) is 9.78 Å². The van der Waals surface area contributed by atoms with Gasteiger partial charge in [-0.05, 0) is 20.3 Å². The standard InChI is InChI=1S/C9H13F2N3/c1-5-3-8-12-7(9(10)11)4-6(2)14(8)13-5/h3,6-7,9,12H,4H2,1-2H3. The van der Waals surface area contributed by atoms with Crippen molar-refractivity contribution in [2.45, 2.75) is 38.8 Å². The first-order valence-electron chi connectivity index (χ1n) is 4.69. The van der Waals surface area contributed by atoms with Gasteiger partial charge in [0.2, 0.25) is 0 Å². The summed E-state index contributed by atoms with van der Waals surface area (Å²) in [5.41, 5.74) is 0.856. The number of hydrogen-bond donors (Lipinski definition) is 1. The molecule has 14 heavy (non-hydrogen) atoms. The van der Waals surface area contributed by atoms with Gasteiger partial charge in [0, 0.05) is 6.07 Å². The van der Waals surface area contributed by atoms with Crippen molar-refractivity contribution >= 4 is 5.82 Å². The molecule has 0 aliphatic carbocycles. The summed E-state index contributed by atoms with van der Waals surface area (Å²) in [6, 6.07) is 1.10. The minimum atomic E-state index is -2.32. The Bertz CT molecular complexity index is 335. The fourth-order valence-corrected chi connectivity index (χ4v) is 1.84. The van der Waals surface area contributed by atoms with Gasteiger partial charge in [0.1, 0.15) is 5.82 Å². The summed E-state index contributed by atoms with van der Waals surface area (Å²) in [7, 11) is 0. The molecule has 0 amide bonds. The maximum atomic E-state index is 12.5. The van der Waals surface area contributed by atoms with Crippen molar-refractivity contribution in [1.29, 1.82) is 0 Å². The van der Waals surface area contributed by atoms with Gasteiger partial charge in [-0.2, -0.15) is 5.10 Å². The topological polar surface area (TPSA) is 29.9 Å². The molecule has 1 aliphatic rings. The molecule has 0 saturated carbocycles. The van der Waals surface area contributed by atoms with E-state index < -0.39 is 12.5 Å². The fraction of sp³-hybridized carbons (Fsp3) is 0.667. The molecule has 0 radical (unpaired) electrons. The zero-order chi connectivity index (χ0) is 10.3. The molecular formula is C9H13F2N3. The number of anilines is 1. The summed E-state index contributed by atoms with van der Waals surface area (Å²) >= 11 is 0. The molecule has 3 nitrogen and oxygen atoms in total. The van der Waals surface area contributed by atoms with Gasteiger partial charge in [0.15, 0.2) is 0 Å². The van der Waals surface area contributed by atoms with Crippen molar-refractivity contribution in [3.8, 4) is 0 Å². The second-order valence-corrected chi connectivity index (χ2v) is 3.79. The Kier molecular flexibility index (Phi) is 2.17. The zero-order valence-corrected chi connectivity index (χ0v) is 8.17. The molecule has 2 rings (SSSR count). The number of aromatic nitrogens is 2. The third-order valence-corrected chi connectivity index (χ3v) is 2.51. The lowest BCUT2D eigenvalue weighted by Gasteiger charge is -2.29. The summed E-state index contributed by atoms with van der Waals surface area (Å²) < 4.78 is 26.8. The van der Waals surface area contributed by atoms with E-state index in [0.717, 1.165) is 5.69 Å². The Morgan fingerprint density at radius 3 is 3.00 bits per heavy atom. The van der Waals surface area contributed by atoms with Gasteiger partial charge in [-0.15, -0.1) is 0 Å². The van der Waals surface area contributed by atoms with Gasteiger partial charge in [0.05, 0.1) is 17.8 Å². The molecule has 0 saturated heterocycles. The van der Waals surface area contributed by atoms with Crippen LogP contribution in [-0.4, -0.2) is 22.2 Å². The minimum Gasteiger partial charge on any atom is -0.362 e. The number of hydrogen-bond acceptors (Lipinski definition) is 2. The van der Waals surface area contributed by atoms with Crippen LogP contribution >= 0.6 is 0 Å². The van der Waals surface area contributed by atoms with Crippen molar-refractivity contribution in [3.63, 3.8) is 0 Å². The number of halogens is 2. The Morgan fingerprint density at radius 1 is 1.64 bits per heavy atom. The lowest BCUT2D eigenvalue weighted by molar-refractivity contribution is 0.108. The summed E-state index contributed by atoms with van der Waals surface area (Å²) in [5.74, 6) is 0.701. The van der Waals surface area contributed by atoms with Crippen LogP contribution in [0.3, 0.4) is 0 Å². The van der Waals surface area contributed by atoms with Crippen molar-refractivity contribution in [2.24, 2.45) is 0 Å². The van der Waals surface area contributed by atoms with Crippen LogP contribution in [0.15, 0.2) is 6.07 Å². The maximum absolute atomic E-state index is 12.5. The summed E-state index contributed by atoms with van der Waals surface area (Å²) in [6.07, 6.45) is -1.90. The zero-order valence-electron chi connectivity index (χ0n) is 8.17. The van der Waals surface area contributed by atoms with Crippen LogP contribution < -0.4 is 5.32 Å². The second-order valence-electron chi connectivity index (χ2n) is 3.79. The molecule has 2 atom stereocenters. The van der Waals surface area contributed by atoms with Crippen molar-refractivity contribution < 1.29 is 8.78 Å². The normalized spacial score (nSPS) is 26.1. The smallest absolute Gasteiger partial charge is 0.258 e. The molecule has 0 fully saturated rings. The molecule has 1 aliphatic heterocycles. The Balaban J connectivity index is 2.28. The summed E-state index contributed by atoms with van der Waals surface area (Å²) in [5, 5.41) is 7.03. The predicted octanol–water partition coefficient (Wildman–Crippen LogP) is 2.20. The minimum absolute atomic E-state index is 0.0407. The molecule has 2 unspecified atom stereocenters. The SMILES string of the molecule is Cc1cc2n(n1)C(C)CC(C(F)F)N2. The van der Waals surface area contributed by atoms with Gasteiger partial charge in [0.25, 0.3) is 6.43 Å². The van der Waals surface area contributed by atoms with E-state index in [1.807, 2.05) is 13.8 Å². The highest BCUT2D eigenvalue weighted by atomic mass is 19.3. The molecule has 0 aromatic carbocycles. The van der Waals surface area contributed by atoms with Gasteiger partial charge in [-0.1, -0.05) is 0 Å². The molecule has 1 aromatic heterocycles. The van der Waals surface area contributed by atoms with Crippen LogP contribution in [0, 0.1) is 6.92 Å².